The Bertz CT molecular complexity index is 1110. The first kappa shape index (κ1) is 13.6. The van der Waals surface area contributed by atoms with Gasteiger partial charge in [-0.15, -0.1) is 0 Å². The third-order valence-corrected chi connectivity index (χ3v) is 3.76. The van der Waals surface area contributed by atoms with Crippen LogP contribution < -0.4 is 5.69 Å². The van der Waals surface area contributed by atoms with Gasteiger partial charge in [-0.3, -0.25) is 4.57 Å². The van der Waals surface area contributed by atoms with Crippen LogP contribution in [0, 0.1) is 17.5 Å². The maximum Gasteiger partial charge on any atom is 0.326 e. The van der Waals surface area contributed by atoms with Crippen molar-refractivity contribution in [3.8, 4) is 0 Å². The second kappa shape index (κ2) is 4.73. The first-order valence-electron chi connectivity index (χ1n) is 6.73. The first-order valence-corrected chi connectivity index (χ1v) is 6.73. The van der Waals surface area contributed by atoms with Gasteiger partial charge >= 0.3 is 5.69 Å². The zero-order valence-corrected chi connectivity index (χ0v) is 11.5. The summed E-state index contributed by atoms with van der Waals surface area (Å²) in [6.45, 7) is -0.230. The van der Waals surface area contributed by atoms with Crippen LogP contribution in [0.15, 0.2) is 35.4 Å². The number of H-pyrrole nitrogens is 2. The van der Waals surface area contributed by atoms with Gasteiger partial charge in [-0.2, -0.15) is 0 Å². The van der Waals surface area contributed by atoms with Crippen molar-refractivity contribution in [1.29, 1.82) is 0 Å². The minimum atomic E-state index is -1.55. The molecule has 23 heavy (non-hydrogen) atoms. The van der Waals surface area contributed by atoms with Crippen molar-refractivity contribution in [2.24, 2.45) is 0 Å². The molecule has 0 saturated heterocycles. The Balaban J connectivity index is 1.96. The molecule has 0 fully saturated rings. The van der Waals surface area contributed by atoms with Crippen molar-refractivity contribution in [3.05, 3.63) is 64.1 Å². The van der Waals surface area contributed by atoms with E-state index in [1.54, 1.807) is 12.3 Å². The van der Waals surface area contributed by atoms with E-state index in [4.69, 9.17) is 0 Å². The van der Waals surface area contributed by atoms with Crippen LogP contribution in [0.1, 0.15) is 5.56 Å². The summed E-state index contributed by atoms with van der Waals surface area (Å²) in [6, 6.07) is 3.69. The van der Waals surface area contributed by atoms with Gasteiger partial charge < -0.3 is 9.97 Å². The molecule has 0 radical (unpaired) electrons. The first-order chi connectivity index (χ1) is 11.1. The highest BCUT2D eigenvalue weighted by atomic mass is 19.2. The fraction of sp³-hybridized carbons (Fsp3) is 0.0667. The van der Waals surface area contributed by atoms with Crippen LogP contribution in [-0.4, -0.2) is 19.5 Å². The number of fused-ring (bicyclic) bond motifs is 3. The minimum Gasteiger partial charge on any atom is -0.346 e. The normalized spacial score (nSPS) is 11.6. The van der Waals surface area contributed by atoms with Crippen LogP contribution in [0.2, 0.25) is 0 Å². The molecule has 0 bridgehead atoms. The molecule has 5 nitrogen and oxygen atoms in total. The van der Waals surface area contributed by atoms with Gasteiger partial charge in [0.1, 0.15) is 5.65 Å². The molecule has 0 aliphatic heterocycles. The van der Waals surface area contributed by atoms with Gasteiger partial charge in [0.05, 0.1) is 23.8 Å². The number of imidazole rings is 1. The molecule has 8 heteroatoms. The predicted molar refractivity (Wildman–Crippen MR) is 77.6 cm³/mol. The van der Waals surface area contributed by atoms with Crippen molar-refractivity contribution < 1.29 is 13.2 Å². The number of pyridine rings is 1. The molecule has 3 heterocycles. The van der Waals surface area contributed by atoms with Crippen LogP contribution in [0.25, 0.3) is 22.1 Å². The highest BCUT2D eigenvalue weighted by Crippen LogP contribution is 2.22. The molecule has 4 aromatic rings. The third kappa shape index (κ3) is 1.95. The van der Waals surface area contributed by atoms with E-state index in [0.29, 0.717) is 22.1 Å². The molecule has 0 atom stereocenters. The topological polar surface area (TPSA) is 66.5 Å². The molecule has 0 amide bonds. The number of hydrogen-bond acceptors (Lipinski definition) is 2. The summed E-state index contributed by atoms with van der Waals surface area (Å²) in [5.41, 5.74) is 0.957. The molecule has 3 aromatic heterocycles. The lowest BCUT2D eigenvalue weighted by Crippen LogP contribution is -2.18. The van der Waals surface area contributed by atoms with E-state index in [1.165, 1.54) is 10.8 Å². The molecule has 2 N–H and O–H groups in total. The maximum atomic E-state index is 13.9. The number of nitrogens with zero attached hydrogens (tertiary/aromatic N) is 2. The lowest BCUT2D eigenvalue weighted by atomic mass is 10.2. The summed E-state index contributed by atoms with van der Waals surface area (Å²) in [6.07, 6.45) is 3.14. The number of aromatic amines is 2. The van der Waals surface area contributed by atoms with Crippen LogP contribution in [0.4, 0.5) is 13.2 Å². The summed E-state index contributed by atoms with van der Waals surface area (Å²) in [5, 5.41) is 0.670. The largest absolute Gasteiger partial charge is 0.346 e. The van der Waals surface area contributed by atoms with E-state index in [0.717, 1.165) is 12.1 Å². The zero-order chi connectivity index (χ0) is 16.1. The summed E-state index contributed by atoms with van der Waals surface area (Å²) in [5.74, 6) is -4.12. The second-order valence-electron chi connectivity index (χ2n) is 5.11. The van der Waals surface area contributed by atoms with Crippen LogP contribution in [0.5, 0.6) is 0 Å². The molecule has 0 aliphatic carbocycles. The fourth-order valence-electron chi connectivity index (χ4n) is 2.67. The van der Waals surface area contributed by atoms with Crippen LogP contribution in [-0.2, 0) is 6.54 Å². The van der Waals surface area contributed by atoms with Crippen LogP contribution in [0.3, 0.4) is 0 Å². The Morgan fingerprint density at radius 2 is 1.96 bits per heavy atom. The lowest BCUT2D eigenvalue weighted by molar-refractivity contribution is 0.439. The summed E-state index contributed by atoms with van der Waals surface area (Å²) < 4.78 is 41.6. The zero-order valence-electron chi connectivity index (χ0n) is 11.5. The molecule has 1 aromatic carbocycles. The molecule has 4 rings (SSSR count). The van der Waals surface area contributed by atoms with Crippen molar-refractivity contribution in [3.63, 3.8) is 0 Å². The van der Waals surface area contributed by atoms with E-state index in [-0.39, 0.29) is 12.1 Å². The number of hydrogen-bond donors (Lipinski definition) is 2. The Morgan fingerprint density at radius 1 is 1.13 bits per heavy atom. The quantitative estimate of drug-likeness (QED) is 0.558. The average molecular weight is 318 g/mol. The number of aromatic nitrogens is 4. The Hall–Kier alpha value is -3.03. The Morgan fingerprint density at radius 3 is 2.78 bits per heavy atom. The standard InChI is InChI=1S/C15H9F3N4O/c16-9-2-1-7(11(17)12(9)18)6-22-13-8-3-4-19-14(8)20-5-10(13)21-15(22)23/h1-5H,6H2,(H,19,20)(H,21,23). The molecule has 0 aliphatic rings. The number of benzene rings is 1. The highest BCUT2D eigenvalue weighted by molar-refractivity contribution is 6.00. The van der Waals surface area contributed by atoms with E-state index in [9.17, 15) is 18.0 Å². The van der Waals surface area contributed by atoms with Gasteiger partial charge in [0, 0.05) is 17.1 Å². The maximum absolute atomic E-state index is 13.9. The van der Waals surface area contributed by atoms with Gasteiger partial charge in [0.2, 0.25) is 0 Å². The van der Waals surface area contributed by atoms with Crippen molar-refractivity contribution >= 4 is 22.1 Å². The molecule has 0 unspecified atom stereocenters. The Kier molecular flexibility index (Phi) is 2.80. The third-order valence-electron chi connectivity index (χ3n) is 3.76. The van der Waals surface area contributed by atoms with E-state index >= 15 is 0 Å². The molecule has 0 spiro atoms. The van der Waals surface area contributed by atoms with Gasteiger partial charge in [0.25, 0.3) is 0 Å². The summed E-state index contributed by atoms with van der Waals surface area (Å²) >= 11 is 0. The SMILES string of the molecule is O=c1[nH]c2cnc3[nH]ccc3c2n1Cc1ccc(F)c(F)c1F. The van der Waals surface area contributed by atoms with Gasteiger partial charge in [0.15, 0.2) is 17.5 Å². The second-order valence-corrected chi connectivity index (χ2v) is 5.11. The van der Waals surface area contributed by atoms with Crippen molar-refractivity contribution in [2.75, 3.05) is 0 Å². The molecular formula is C15H9F3N4O. The molecule has 116 valence electrons. The summed E-state index contributed by atoms with van der Waals surface area (Å²) in [4.78, 5) is 21.8. The number of nitrogens with one attached hydrogen (secondary N) is 2. The molecule has 0 saturated carbocycles. The molecular weight excluding hydrogens is 309 g/mol. The van der Waals surface area contributed by atoms with Crippen molar-refractivity contribution in [1.82, 2.24) is 19.5 Å². The monoisotopic (exact) mass is 318 g/mol. The number of halogens is 3. The fourth-order valence-corrected chi connectivity index (χ4v) is 2.67. The van der Waals surface area contributed by atoms with Crippen LogP contribution >= 0.6 is 0 Å². The van der Waals surface area contributed by atoms with Crippen molar-refractivity contribution in [2.45, 2.75) is 6.54 Å². The van der Waals surface area contributed by atoms with E-state index in [1.807, 2.05) is 0 Å². The highest BCUT2D eigenvalue weighted by Gasteiger charge is 2.17. The van der Waals surface area contributed by atoms with Gasteiger partial charge in [-0.25, -0.2) is 22.9 Å². The van der Waals surface area contributed by atoms with Gasteiger partial charge in [-0.1, -0.05) is 6.07 Å². The smallest absolute Gasteiger partial charge is 0.326 e. The van der Waals surface area contributed by atoms with E-state index < -0.39 is 23.1 Å². The average Bonchev–Trinajstić information content (AvgIpc) is 3.12. The van der Waals surface area contributed by atoms with E-state index in [2.05, 4.69) is 15.0 Å². The lowest BCUT2D eigenvalue weighted by Gasteiger charge is -2.07. The predicted octanol–water partition coefficient (Wildman–Crippen LogP) is 2.67. The minimum absolute atomic E-state index is 0.118. The Labute approximate surface area is 126 Å². The van der Waals surface area contributed by atoms with Gasteiger partial charge in [-0.05, 0) is 12.1 Å². The summed E-state index contributed by atoms with van der Waals surface area (Å²) in [7, 11) is 0. The number of rotatable bonds is 2.